The van der Waals surface area contributed by atoms with E-state index in [4.69, 9.17) is 17.0 Å². The molecule has 0 unspecified atom stereocenters. The number of nitrogens with zero attached hydrogens (tertiary/aromatic N) is 1. The Morgan fingerprint density at radius 1 is 1.30 bits per heavy atom. The molecule has 0 spiro atoms. The van der Waals surface area contributed by atoms with Crippen molar-refractivity contribution in [2.24, 2.45) is 0 Å². The largest absolute Gasteiger partial charge is 0.458 e. The van der Waals surface area contributed by atoms with Crippen molar-refractivity contribution in [3.05, 3.63) is 89.9 Å². The van der Waals surface area contributed by atoms with Crippen LogP contribution in [-0.2, 0) is 9.53 Å². The Labute approximate surface area is 162 Å². The predicted molar refractivity (Wildman–Crippen MR) is 108 cm³/mol. The fourth-order valence-electron chi connectivity index (χ4n) is 3.04. The molecule has 2 aromatic carbocycles. The van der Waals surface area contributed by atoms with Gasteiger partial charge in [-0.2, -0.15) is 0 Å². The third-order valence-corrected chi connectivity index (χ3v) is 4.53. The fourth-order valence-corrected chi connectivity index (χ4v) is 3.40. The number of ether oxygens (including phenoxy) is 1. The van der Waals surface area contributed by atoms with Crippen molar-refractivity contribution in [3.8, 4) is 0 Å². The van der Waals surface area contributed by atoms with Gasteiger partial charge in [0.15, 0.2) is 5.11 Å². The number of carbonyl (C=O) groups excluding carboxylic acids is 1. The van der Waals surface area contributed by atoms with Gasteiger partial charge in [0.05, 0.1) is 11.6 Å². The molecule has 0 amide bonds. The van der Waals surface area contributed by atoms with Gasteiger partial charge < -0.3 is 10.1 Å². The Morgan fingerprint density at radius 3 is 2.70 bits per heavy atom. The first kappa shape index (κ1) is 18.8. The van der Waals surface area contributed by atoms with Gasteiger partial charge in [0.25, 0.3) is 0 Å². The van der Waals surface area contributed by atoms with E-state index in [1.165, 1.54) is 18.2 Å². The number of esters is 1. The topological polar surface area (TPSA) is 41.6 Å². The standard InChI is InChI=1S/C21H19FN2O2S/c1-3-12-26-20(25)18-14(2)24(17-10-5-4-6-11-17)21(27)23-19(18)15-8-7-9-16(22)13-15/h3-11,13,19H,1,12H2,2H3,(H,23,27)/t19-/m1/s1. The number of nitrogens with one attached hydrogen (secondary N) is 1. The van der Waals surface area contributed by atoms with Crippen molar-refractivity contribution in [2.45, 2.75) is 13.0 Å². The average Bonchev–Trinajstić information content (AvgIpc) is 2.66. The molecule has 1 atom stereocenters. The predicted octanol–water partition coefficient (Wildman–Crippen LogP) is 4.26. The Hall–Kier alpha value is -2.99. The fraction of sp³-hybridized carbons (Fsp3) is 0.143. The molecule has 2 aromatic rings. The van der Waals surface area contributed by atoms with E-state index in [1.54, 1.807) is 24.0 Å². The van der Waals surface area contributed by atoms with Crippen LogP contribution in [0.25, 0.3) is 0 Å². The van der Waals surface area contributed by atoms with Crippen LogP contribution in [0.15, 0.2) is 78.5 Å². The number of hydrogen-bond acceptors (Lipinski definition) is 3. The van der Waals surface area contributed by atoms with Crippen molar-refractivity contribution >= 4 is 29.0 Å². The summed E-state index contributed by atoms with van der Waals surface area (Å²) in [5, 5.41) is 3.58. The number of halogens is 1. The molecule has 0 radical (unpaired) electrons. The first-order valence-corrected chi connectivity index (χ1v) is 8.83. The summed E-state index contributed by atoms with van der Waals surface area (Å²) >= 11 is 5.54. The molecule has 0 aliphatic carbocycles. The van der Waals surface area contributed by atoms with Crippen LogP contribution < -0.4 is 10.2 Å². The van der Waals surface area contributed by atoms with Crippen LogP contribution in [0.4, 0.5) is 10.1 Å². The lowest BCUT2D eigenvalue weighted by atomic mass is 9.94. The summed E-state index contributed by atoms with van der Waals surface area (Å²) < 4.78 is 19.1. The lowest BCUT2D eigenvalue weighted by molar-refractivity contribution is -0.138. The molecule has 0 saturated heterocycles. The molecule has 138 valence electrons. The van der Waals surface area contributed by atoms with Gasteiger partial charge in [-0.3, -0.25) is 4.90 Å². The smallest absolute Gasteiger partial charge is 0.338 e. The minimum Gasteiger partial charge on any atom is -0.458 e. The first-order valence-electron chi connectivity index (χ1n) is 8.43. The highest BCUT2D eigenvalue weighted by atomic mass is 32.1. The lowest BCUT2D eigenvalue weighted by Crippen LogP contribution is -2.48. The van der Waals surface area contributed by atoms with E-state index in [-0.39, 0.29) is 12.4 Å². The Kier molecular flexibility index (Phi) is 5.66. The summed E-state index contributed by atoms with van der Waals surface area (Å²) in [6.07, 6.45) is 1.50. The summed E-state index contributed by atoms with van der Waals surface area (Å²) in [6.45, 7) is 5.46. The Morgan fingerprint density at radius 2 is 2.04 bits per heavy atom. The molecule has 0 bridgehead atoms. The minimum atomic E-state index is -0.606. The van der Waals surface area contributed by atoms with Crippen molar-refractivity contribution in [1.29, 1.82) is 0 Å². The maximum Gasteiger partial charge on any atom is 0.338 e. The second-order valence-corrected chi connectivity index (χ2v) is 6.38. The number of thiocarbonyl (C=S) groups is 1. The molecule has 27 heavy (non-hydrogen) atoms. The third-order valence-electron chi connectivity index (χ3n) is 4.23. The summed E-state index contributed by atoms with van der Waals surface area (Å²) in [4.78, 5) is 14.6. The Balaban J connectivity index is 2.11. The van der Waals surface area contributed by atoms with E-state index in [9.17, 15) is 9.18 Å². The van der Waals surface area contributed by atoms with Gasteiger partial charge in [0.1, 0.15) is 12.4 Å². The molecule has 0 aromatic heterocycles. The normalized spacial score (nSPS) is 16.7. The van der Waals surface area contributed by atoms with Gasteiger partial charge in [-0.1, -0.05) is 43.0 Å². The maximum atomic E-state index is 13.8. The average molecular weight is 382 g/mol. The SMILES string of the molecule is C=CCOC(=O)C1=C(C)N(c2ccccc2)C(=S)N[C@@H]1c1cccc(F)c1. The van der Waals surface area contributed by atoms with Crippen molar-refractivity contribution in [1.82, 2.24) is 5.32 Å². The minimum absolute atomic E-state index is 0.0846. The zero-order chi connectivity index (χ0) is 19.4. The second-order valence-electron chi connectivity index (χ2n) is 5.99. The molecule has 1 heterocycles. The first-order chi connectivity index (χ1) is 13.0. The number of para-hydroxylation sites is 1. The van der Waals surface area contributed by atoms with Gasteiger partial charge >= 0.3 is 5.97 Å². The number of anilines is 1. The molecule has 0 saturated carbocycles. The van der Waals surface area contributed by atoms with E-state index in [0.29, 0.717) is 21.9 Å². The van der Waals surface area contributed by atoms with Crippen LogP contribution in [0.5, 0.6) is 0 Å². The molecular weight excluding hydrogens is 363 g/mol. The zero-order valence-electron chi connectivity index (χ0n) is 14.8. The highest BCUT2D eigenvalue weighted by Crippen LogP contribution is 2.34. The molecule has 1 aliphatic heterocycles. The van der Waals surface area contributed by atoms with Gasteiger partial charge in [-0.25, -0.2) is 9.18 Å². The van der Waals surface area contributed by atoms with Crippen molar-refractivity contribution < 1.29 is 13.9 Å². The van der Waals surface area contributed by atoms with E-state index in [2.05, 4.69) is 11.9 Å². The number of allylic oxidation sites excluding steroid dienone is 1. The molecule has 4 nitrogen and oxygen atoms in total. The lowest BCUT2D eigenvalue weighted by Gasteiger charge is -2.37. The monoisotopic (exact) mass is 382 g/mol. The van der Waals surface area contributed by atoms with E-state index < -0.39 is 12.0 Å². The van der Waals surface area contributed by atoms with Crippen LogP contribution >= 0.6 is 12.2 Å². The highest BCUT2D eigenvalue weighted by molar-refractivity contribution is 7.80. The summed E-state index contributed by atoms with van der Waals surface area (Å²) in [7, 11) is 0. The Bertz CT molecular complexity index is 911. The van der Waals surface area contributed by atoms with E-state index in [0.717, 1.165) is 5.69 Å². The number of rotatable bonds is 5. The van der Waals surface area contributed by atoms with Gasteiger partial charge in [0, 0.05) is 11.4 Å². The third kappa shape index (κ3) is 3.90. The summed E-state index contributed by atoms with van der Waals surface area (Å²) in [5.41, 5.74) is 2.42. The molecule has 3 rings (SSSR count). The molecule has 6 heteroatoms. The summed E-state index contributed by atoms with van der Waals surface area (Å²) in [6, 6.07) is 14.9. The summed E-state index contributed by atoms with van der Waals surface area (Å²) in [5.74, 6) is -0.889. The quantitative estimate of drug-likeness (QED) is 0.475. The molecule has 0 fully saturated rings. The van der Waals surface area contributed by atoms with Gasteiger partial charge in [-0.05, 0) is 49.0 Å². The van der Waals surface area contributed by atoms with E-state index >= 15 is 0 Å². The van der Waals surface area contributed by atoms with Crippen LogP contribution in [-0.4, -0.2) is 17.7 Å². The molecule has 1 N–H and O–H groups in total. The highest BCUT2D eigenvalue weighted by Gasteiger charge is 2.35. The molecular formula is C21H19FN2O2S. The van der Waals surface area contributed by atoms with Crippen molar-refractivity contribution in [2.75, 3.05) is 11.5 Å². The van der Waals surface area contributed by atoms with Crippen molar-refractivity contribution in [3.63, 3.8) is 0 Å². The van der Waals surface area contributed by atoms with Crippen LogP contribution in [0, 0.1) is 5.82 Å². The van der Waals surface area contributed by atoms with Crippen LogP contribution in [0.1, 0.15) is 18.5 Å². The van der Waals surface area contributed by atoms with Gasteiger partial charge in [-0.15, -0.1) is 0 Å². The van der Waals surface area contributed by atoms with Crippen LogP contribution in [0.3, 0.4) is 0 Å². The number of benzene rings is 2. The van der Waals surface area contributed by atoms with E-state index in [1.807, 2.05) is 30.3 Å². The number of hydrogen-bond donors (Lipinski definition) is 1. The number of carbonyl (C=O) groups is 1. The second kappa shape index (κ2) is 8.14. The maximum absolute atomic E-state index is 13.8. The van der Waals surface area contributed by atoms with Crippen LogP contribution in [0.2, 0.25) is 0 Å². The molecule has 1 aliphatic rings. The van der Waals surface area contributed by atoms with Gasteiger partial charge in [0.2, 0.25) is 0 Å². The zero-order valence-corrected chi connectivity index (χ0v) is 15.6.